The molecule has 0 aromatic heterocycles. The zero-order valence-electron chi connectivity index (χ0n) is 6.87. The van der Waals surface area contributed by atoms with Crippen LogP contribution in [-0.4, -0.2) is 15.7 Å². The maximum atomic E-state index is 10.4. The third kappa shape index (κ3) is 3.01. The second kappa shape index (κ2) is 4.97. The maximum absolute atomic E-state index is 10.4. The van der Waals surface area contributed by atoms with Crippen LogP contribution in [0.25, 0.3) is 0 Å². The number of carboxylic acids is 1. The van der Waals surface area contributed by atoms with Gasteiger partial charge in [0.1, 0.15) is 0 Å². The fraction of sp³-hybridized carbons (Fsp3) is 0. The first-order valence-corrected chi connectivity index (χ1v) is 4.75. The number of para-hydroxylation sites is 1. The van der Waals surface area contributed by atoms with Crippen LogP contribution in [0, 0.1) is 0 Å². The van der Waals surface area contributed by atoms with Crippen molar-refractivity contribution < 1.29 is 9.90 Å². The molecule has 0 aliphatic rings. The Labute approximate surface area is 93.7 Å². The average molecular weight is 278 g/mol. The van der Waals surface area contributed by atoms with Crippen molar-refractivity contribution >= 4 is 43.8 Å². The van der Waals surface area contributed by atoms with Crippen LogP contribution in [0.1, 0.15) is 0 Å². The minimum absolute atomic E-state index is 0.211. The highest BCUT2D eigenvalue weighted by Gasteiger charge is 2.04. The van der Waals surface area contributed by atoms with E-state index in [1.807, 2.05) is 0 Å². The van der Waals surface area contributed by atoms with E-state index in [9.17, 15) is 4.79 Å². The minimum atomic E-state index is -1.15. The average Bonchev–Trinajstić information content (AvgIpc) is 2.16. The zero-order chi connectivity index (χ0) is 10.6. The first-order valence-electron chi connectivity index (χ1n) is 3.58. The van der Waals surface area contributed by atoms with Gasteiger partial charge in [-0.05, 0) is 28.1 Å². The van der Waals surface area contributed by atoms with Gasteiger partial charge in [-0.15, -0.1) is 0 Å². The predicted molar refractivity (Wildman–Crippen MR) is 59.1 cm³/mol. The van der Waals surface area contributed by atoms with Gasteiger partial charge in [-0.25, -0.2) is 4.79 Å². The topological polar surface area (TPSA) is 61.7 Å². The molecule has 4 nitrogen and oxygen atoms in total. The van der Waals surface area contributed by atoms with Crippen molar-refractivity contribution in [1.29, 1.82) is 0 Å². The molecule has 0 atom stereocenters. The molecule has 6 heteroatoms. The van der Waals surface area contributed by atoms with E-state index in [1.54, 1.807) is 24.3 Å². The first-order chi connectivity index (χ1) is 6.61. The second-order valence-corrected chi connectivity index (χ2v) is 3.46. The number of anilines is 1. The highest BCUT2D eigenvalue weighted by atomic mass is 79.9. The van der Waals surface area contributed by atoms with Crippen molar-refractivity contribution in [2.24, 2.45) is 5.10 Å². The van der Waals surface area contributed by atoms with Gasteiger partial charge in [-0.1, -0.05) is 23.7 Å². The third-order valence-electron chi connectivity index (χ3n) is 1.32. The number of carbonyl (C=O) groups is 1. The molecule has 0 spiro atoms. The molecule has 0 heterocycles. The van der Waals surface area contributed by atoms with Gasteiger partial charge < -0.3 is 5.11 Å². The monoisotopic (exact) mass is 276 g/mol. The Hall–Kier alpha value is -1.07. The zero-order valence-corrected chi connectivity index (χ0v) is 9.21. The lowest BCUT2D eigenvalue weighted by molar-refractivity contribution is -0.129. The molecular formula is C8H6BrClN2O2. The molecule has 0 amide bonds. The summed E-state index contributed by atoms with van der Waals surface area (Å²) in [4.78, 5) is 10.4. The second-order valence-electron chi connectivity index (χ2n) is 2.30. The Bertz CT molecular complexity index is 381. The van der Waals surface area contributed by atoms with E-state index in [0.29, 0.717) is 10.7 Å². The number of carboxylic acid groups (broad SMARTS) is 1. The van der Waals surface area contributed by atoms with Crippen molar-refractivity contribution in [2.45, 2.75) is 0 Å². The Morgan fingerprint density at radius 2 is 2.14 bits per heavy atom. The number of halogens is 2. The summed E-state index contributed by atoms with van der Waals surface area (Å²) < 4.78 is -0.211. The molecule has 0 aliphatic carbocycles. The lowest BCUT2D eigenvalue weighted by Crippen LogP contribution is -2.07. The van der Waals surface area contributed by atoms with Gasteiger partial charge >= 0.3 is 5.97 Å². The van der Waals surface area contributed by atoms with Gasteiger partial charge in [0.2, 0.25) is 4.62 Å². The number of hydrogen-bond acceptors (Lipinski definition) is 3. The van der Waals surface area contributed by atoms with Crippen LogP contribution < -0.4 is 5.43 Å². The van der Waals surface area contributed by atoms with Crippen molar-refractivity contribution in [2.75, 3.05) is 5.43 Å². The molecule has 0 bridgehead atoms. The summed E-state index contributed by atoms with van der Waals surface area (Å²) >= 11 is 8.56. The number of hydrazone groups is 1. The number of aliphatic carboxylic acids is 1. The molecule has 1 aromatic rings. The molecular weight excluding hydrogens is 271 g/mol. The molecule has 0 fully saturated rings. The molecule has 0 aliphatic heterocycles. The smallest absolute Gasteiger partial charge is 0.363 e. The summed E-state index contributed by atoms with van der Waals surface area (Å²) in [5.74, 6) is -1.15. The van der Waals surface area contributed by atoms with Crippen molar-refractivity contribution in [1.82, 2.24) is 0 Å². The highest BCUT2D eigenvalue weighted by molar-refractivity contribution is 9.19. The van der Waals surface area contributed by atoms with Gasteiger partial charge in [0.05, 0.1) is 10.7 Å². The van der Waals surface area contributed by atoms with E-state index < -0.39 is 5.97 Å². The highest BCUT2D eigenvalue weighted by Crippen LogP contribution is 2.20. The van der Waals surface area contributed by atoms with Gasteiger partial charge in [-0.2, -0.15) is 5.10 Å². The summed E-state index contributed by atoms with van der Waals surface area (Å²) in [6.07, 6.45) is 0. The van der Waals surface area contributed by atoms with Crippen molar-refractivity contribution in [3.8, 4) is 0 Å². The lowest BCUT2D eigenvalue weighted by Gasteiger charge is -2.01. The third-order valence-corrected chi connectivity index (χ3v) is 2.17. The standard InChI is InChI=1S/C8H6BrClN2O2/c9-7(8(13)14)12-11-6-4-2-1-3-5(6)10/h1-4,11H,(H,13,14). The normalized spacial score (nSPS) is 11.1. The van der Waals surface area contributed by atoms with Crippen LogP contribution >= 0.6 is 27.5 Å². The molecule has 1 aromatic carbocycles. The summed E-state index contributed by atoms with van der Waals surface area (Å²) in [5.41, 5.74) is 3.07. The van der Waals surface area contributed by atoms with Crippen LogP contribution in [0.3, 0.4) is 0 Å². The van der Waals surface area contributed by atoms with E-state index in [-0.39, 0.29) is 4.62 Å². The van der Waals surface area contributed by atoms with Crippen molar-refractivity contribution in [3.05, 3.63) is 29.3 Å². The molecule has 0 radical (unpaired) electrons. The summed E-state index contributed by atoms with van der Waals surface area (Å²) in [6.45, 7) is 0. The number of benzene rings is 1. The van der Waals surface area contributed by atoms with Gasteiger partial charge in [-0.3, -0.25) is 5.43 Å². The molecule has 0 unspecified atom stereocenters. The Kier molecular flexibility index (Phi) is 3.91. The van der Waals surface area contributed by atoms with Crippen molar-refractivity contribution in [3.63, 3.8) is 0 Å². The van der Waals surface area contributed by atoms with Crippen LogP contribution in [-0.2, 0) is 4.79 Å². The van der Waals surface area contributed by atoms with E-state index in [0.717, 1.165) is 0 Å². The van der Waals surface area contributed by atoms with E-state index in [2.05, 4.69) is 26.5 Å². The Morgan fingerprint density at radius 1 is 1.50 bits per heavy atom. The van der Waals surface area contributed by atoms with Crippen LogP contribution in [0.5, 0.6) is 0 Å². The summed E-state index contributed by atoms with van der Waals surface area (Å²) in [5, 5.41) is 12.5. The van der Waals surface area contributed by atoms with E-state index in [1.165, 1.54) is 0 Å². The molecule has 74 valence electrons. The SMILES string of the molecule is O=C(O)C(Br)=NNc1ccccc1Cl. The molecule has 14 heavy (non-hydrogen) atoms. The number of nitrogens with zero attached hydrogens (tertiary/aromatic N) is 1. The summed E-state index contributed by atoms with van der Waals surface area (Å²) in [6, 6.07) is 6.89. The van der Waals surface area contributed by atoms with Crippen LogP contribution in [0.4, 0.5) is 5.69 Å². The van der Waals surface area contributed by atoms with Gasteiger partial charge in [0.15, 0.2) is 0 Å². The van der Waals surface area contributed by atoms with E-state index >= 15 is 0 Å². The Morgan fingerprint density at radius 3 is 2.71 bits per heavy atom. The van der Waals surface area contributed by atoms with Gasteiger partial charge in [0, 0.05) is 0 Å². The molecule has 0 saturated carbocycles. The molecule has 1 rings (SSSR count). The van der Waals surface area contributed by atoms with Crippen LogP contribution in [0.15, 0.2) is 29.4 Å². The summed E-state index contributed by atoms with van der Waals surface area (Å²) in [7, 11) is 0. The largest absolute Gasteiger partial charge is 0.476 e. The maximum Gasteiger partial charge on any atom is 0.363 e. The van der Waals surface area contributed by atoms with E-state index in [4.69, 9.17) is 16.7 Å². The minimum Gasteiger partial charge on any atom is -0.476 e. The number of rotatable bonds is 3. The quantitative estimate of drug-likeness (QED) is 0.659. The Balaban J connectivity index is 2.76. The fourth-order valence-electron chi connectivity index (χ4n) is 0.709. The van der Waals surface area contributed by atoms with Crippen LogP contribution in [0.2, 0.25) is 5.02 Å². The predicted octanol–water partition coefficient (Wildman–Crippen LogP) is 2.54. The molecule has 0 saturated heterocycles. The fourth-order valence-corrected chi connectivity index (χ4v) is 0.976. The lowest BCUT2D eigenvalue weighted by atomic mass is 10.3. The first kappa shape index (κ1) is 11.0. The number of nitrogens with one attached hydrogen (secondary N) is 1. The van der Waals surface area contributed by atoms with Gasteiger partial charge in [0.25, 0.3) is 0 Å². The molecule has 2 N–H and O–H groups in total. The number of hydrogen-bond donors (Lipinski definition) is 2.